The zero-order valence-electron chi connectivity index (χ0n) is 10.2. The van der Waals surface area contributed by atoms with Crippen LogP contribution in [0.5, 0.6) is 0 Å². The quantitative estimate of drug-likeness (QED) is 0.635. The number of sulfonamides is 1. The van der Waals surface area contributed by atoms with Crippen molar-refractivity contribution in [2.45, 2.75) is 5.51 Å². The maximum atomic E-state index is 12.2. The minimum Gasteiger partial charge on any atom is -0.317 e. The molecule has 0 spiro atoms. The van der Waals surface area contributed by atoms with Crippen LogP contribution < -0.4 is 10.3 Å². The number of aromatic amines is 1. The van der Waals surface area contributed by atoms with Crippen LogP contribution in [0, 0.1) is 10.1 Å². The fraction of sp³-hybridized carbons (Fsp3) is 0.111. The molecule has 0 fully saturated rings. The molecule has 1 aromatic heterocycles. The van der Waals surface area contributed by atoms with Crippen molar-refractivity contribution in [1.82, 2.24) is 9.97 Å². The molecule has 2 rings (SSSR count). The van der Waals surface area contributed by atoms with Gasteiger partial charge in [0.15, 0.2) is 0 Å². The van der Waals surface area contributed by atoms with E-state index in [-0.39, 0.29) is 16.7 Å². The highest BCUT2D eigenvalue weighted by atomic mass is 32.2. The molecule has 2 N–H and O–H groups in total. The number of nitrogens with zero attached hydrogens (tertiary/aromatic N) is 2. The van der Waals surface area contributed by atoms with Crippen LogP contribution in [0.4, 0.5) is 24.7 Å². The van der Waals surface area contributed by atoms with Crippen molar-refractivity contribution in [3.8, 4) is 0 Å². The zero-order valence-corrected chi connectivity index (χ0v) is 11.0. The Balaban J connectivity index is 2.54. The summed E-state index contributed by atoms with van der Waals surface area (Å²) in [6.07, 6.45) is 0. The van der Waals surface area contributed by atoms with E-state index in [0.29, 0.717) is 0 Å². The van der Waals surface area contributed by atoms with Gasteiger partial charge in [-0.2, -0.15) is 21.6 Å². The fourth-order valence-electron chi connectivity index (χ4n) is 1.44. The van der Waals surface area contributed by atoms with Gasteiger partial charge in [-0.3, -0.25) is 19.6 Å². The Labute approximate surface area is 119 Å². The Morgan fingerprint density at radius 3 is 2.50 bits per heavy atom. The minimum absolute atomic E-state index is 0.130. The molecule has 1 aromatic carbocycles. The van der Waals surface area contributed by atoms with Gasteiger partial charge in [0.25, 0.3) is 11.2 Å². The summed E-state index contributed by atoms with van der Waals surface area (Å²) in [7, 11) is -5.80. The first-order chi connectivity index (χ1) is 10.0. The second kappa shape index (κ2) is 4.94. The first-order valence-corrected chi connectivity index (χ1v) is 6.77. The summed E-state index contributed by atoms with van der Waals surface area (Å²) in [4.78, 5) is 26.8. The minimum atomic E-state index is -5.80. The van der Waals surface area contributed by atoms with Gasteiger partial charge in [-0.25, -0.2) is 4.98 Å². The number of fused-ring (bicyclic) bond motifs is 1. The molecule has 22 heavy (non-hydrogen) atoms. The van der Waals surface area contributed by atoms with Crippen molar-refractivity contribution in [3.05, 3.63) is 38.7 Å². The summed E-state index contributed by atoms with van der Waals surface area (Å²) in [5, 5.41) is 10.6. The molecule has 0 amide bonds. The molecule has 0 aliphatic carbocycles. The lowest BCUT2D eigenvalue weighted by molar-refractivity contribution is -0.384. The number of nitro groups is 1. The summed E-state index contributed by atoms with van der Waals surface area (Å²) in [6, 6.07) is 2.98. The van der Waals surface area contributed by atoms with Gasteiger partial charge in [-0.15, -0.1) is 0 Å². The largest absolute Gasteiger partial charge is 0.516 e. The van der Waals surface area contributed by atoms with Gasteiger partial charge < -0.3 is 4.98 Å². The molecule has 9 nitrogen and oxygen atoms in total. The van der Waals surface area contributed by atoms with E-state index in [0.717, 1.165) is 22.9 Å². The third kappa shape index (κ3) is 2.83. The first kappa shape index (κ1) is 15.7. The number of alkyl halides is 3. The van der Waals surface area contributed by atoms with E-state index in [4.69, 9.17) is 0 Å². The molecule has 0 saturated heterocycles. The van der Waals surface area contributed by atoms with Crippen LogP contribution in [-0.4, -0.2) is 28.8 Å². The number of rotatable bonds is 3. The van der Waals surface area contributed by atoms with E-state index in [1.54, 1.807) is 0 Å². The summed E-state index contributed by atoms with van der Waals surface area (Å²) >= 11 is 0. The molecule has 0 radical (unpaired) electrons. The topological polar surface area (TPSA) is 135 Å². The summed E-state index contributed by atoms with van der Waals surface area (Å²) < 4.78 is 59.6. The van der Waals surface area contributed by atoms with Crippen molar-refractivity contribution in [3.63, 3.8) is 0 Å². The van der Waals surface area contributed by atoms with Gasteiger partial charge in [0.1, 0.15) is 0 Å². The Hall–Kier alpha value is -2.70. The molecular weight excluding hydrogens is 333 g/mol. The van der Waals surface area contributed by atoms with Crippen molar-refractivity contribution >= 4 is 32.6 Å². The maximum Gasteiger partial charge on any atom is 0.516 e. The van der Waals surface area contributed by atoms with E-state index in [2.05, 4.69) is 4.98 Å². The Kier molecular flexibility index (Phi) is 3.52. The Bertz CT molecular complexity index is 921. The lowest BCUT2D eigenvalue weighted by Crippen LogP contribution is -2.32. The smallest absolute Gasteiger partial charge is 0.317 e. The van der Waals surface area contributed by atoms with Crippen molar-refractivity contribution in [1.29, 1.82) is 0 Å². The number of H-pyrrole nitrogens is 1. The third-order valence-electron chi connectivity index (χ3n) is 2.42. The molecule has 0 bridgehead atoms. The van der Waals surface area contributed by atoms with E-state index < -0.39 is 31.8 Å². The molecule has 0 saturated carbocycles. The van der Waals surface area contributed by atoms with Gasteiger partial charge in [0.2, 0.25) is 5.82 Å². The molecule has 118 valence electrons. The number of benzene rings is 1. The number of hydrogen-bond donors (Lipinski definition) is 2. The van der Waals surface area contributed by atoms with E-state index in [1.165, 1.54) is 0 Å². The van der Waals surface area contributed by atoms with Crippen molar-refractivity contribution < 1.29 is 26.5 Å². The fourth-order valence-corrected chi connectivity index (χ4v) is 1.95. The zero-order chi connectivity index (χ0) is 16.7. The summed E-state index contributed by atoms with van der Waals surface area (Å²) in [5.41, 5.74) is -7.54. The van der Waals surface area contributed by atoms with Gasteiger partial charge in [0, 0.05) is 12.1 Å². The summed E-state index contributed by atoms with van der Waals surface area (Å²) in [6.45, 7) is 0. The van der Waals surface area contributed by atoms with Crippen LogP contribution in [0.3, 0.4) is 0 Å². The second-order valence-corrected chi connectivity index (χ2v) is 5.60. The number of non-ortho nitro benzene ring substituents is 1. The predicted octanol–water partition coefficient (Wildman–Crippen LogP) is 1.09. The number of nitrogens with one attached hydrogen (secondary N) is 2. The standard InChI is InChI=1S/C9H5F3N4O5S/c10-9(11,12)22(20,21)15-7-8(17)14-6-3-4(16(18)19)1-2-5(6)13-7/h1-3H,(H,13,15)(H,14,17). The van der Waals surface area contributed by atoms with Crippen LogP contribution in [0.2, 0.25) is 0 Å². The highest BCUT2D eigenvalue weighted by molar-refractivity contribution is 7.93. The summed E-state index contributed by atoms with van der Waals surface area (Å²) in [5.74, 6) is -1.10. The highest BCUT2D eigenvalue weighted by Gasteiger charge is 2.46. The van der Waals surface area contributed by atoms with E-state index >= 15 is 0 Å². The lowest BCUT2D eigenvalue weighted by Gasteiger charge is -2.09. The SMILES string of the molecule is O=c1[nH]c2cc([N+](=O)[O-])ccc2nc1NS(=O)(=O)C(F)(F)F. The maximum absolute atomic E-state index is 12.2. The van der Waals surface area contributed by atoms with E-state index in [1.807, 2.05) is 4.98 Å². The Morgan fingerprint density at radius 1 is 1.32 bits per heavy atom. The van der Waals surface area contributed by atoms with Gasteiger partial charge >= 0.3 is 15.5 Å². The molecule has 13 heteroatoms. The monoisotopic (exact) mass is 338 g/mol. The predicted molar refractivity (Wildman–Crippen MR) is 67.6 cm³/mol. The van der Waals surface area contributed by atoms with Crippen LogP contribution in [0.15, 0.2) is 23.0 Å². The number of aromatic nitrogens is 2. The van der Waals surface area contributed by atoms with E-state index in [9.17, 15) is 36.5 Å². The average Bonchev–Trinajstić information content (AvgIpc) is 2.37. The molecule has 0 unspecified atom stereocenters. The molecule has 1 heterocycles. The number of nitro benzene ring substituents is 1. The van der Waals surface area contributed by atoms with Gasteiger partial charge in [-0.05, 0) is 6.07 Å². The van der Waals surface area contributed by atoms with Crippen LogP contribution in [0.1, 0.15) is 0 Å². The highest BCUT2D eigenvalue weighted by Crippen LogP contribution is 2.24. The molecule has 0 atom stereocenters. The third-order valence-corrected chi connectivity index (χ3v) is 3.49. The van der Waals surface area contributed by atoms with Gasteiger partial charge in [-0.1, -0.05) is 0 Å². The molecule has 2 aromatic rings. The Morgan fingerprint density at radius 2 is 1.95 bits per heavy atom. The lowest BCUT2D eigenvalue weighted by atomic mass is 10.2. The van der Waals surface area contributed by atoms with Crippen molar-refractivity contribution in [2.24, 2.45) is 0 Å². The normalized spacial score (nSPS) is 12.3. The number of hydrogen-bond acceptors (Lipinski definition) is 6. The average molecular weight is 338 g/mol. The van der Waals surface area contributed by atoms with Crippen LogP contribution in [-0.2, 0) is 10.0 Å². The van der Waals surface area contributed by atoms with Crippen LogP contribution >= 0.6 is 0 Å². The van der Waals surface area contributed by atoms with Gasteiger partial charge in [0.05, 0.1) is 16.0 Å². The van der Waals surface area contributed by atoms with Crippen molar-refractivity contribution in [2.75, 3.05) is 4.72 Å². The number of halogens is 3. The molecular formula is C9H5F3N4O5S. The second-order valence-electron chi connectivity index (χ2n) is 3.92. The number of anilines is 1. The molecule has 0 aliphatic rings. The first-order valence-electron chi connectivity index (χ1n) is 5.29. The molecule has 0 aliphatic heterocycles. The van der Waals surface area contributed by atoms with Crippen LogP contribution in [0.25, 0.3) is 11.0 Å².